The van der Waals surface area contributed by atoms with E-state index < -0.39 is 0 Å². The van der Waals surface area contributed by atoms with Crippen LogP contribution in [0.4, 0.5) is 5.00 Å². The van der Waals surface area contributed by atoms with E-state index in [9.17, 15) is 0 Å². The molecule has 0 amide bonds. The number of thiophene rings is 1. The highest BCUT2D eigenvalue weighted by Gasteiger charge is 2.26. The molecule has 0 spiro atoms. The van der Waals surface area contributed by atoms with Gasteiger partial charge in [0.1, 0.15) is 0 Å². The Morgan fingerprint density at radius 3 is 2.46 bits per heavy atom. The summed E-state index contributed by atoms with van der Waals surface area (Å²) in [6, 6.07) is 4.31. The third-order valence-electron chi connectivity index (χ3n) is 4.30. The fourth-order valence-electron chi connectivity index (χ4n) is 2.85. The van der Waals surface area contributed by atoms with Crippen molar-refractivity contribution < 1.29 is 4.74 Å². The number of halogens is 1. The average Bonchev–Trinajstić information content (AvgIpc) is 3.05. The predicted octanol–water partition coefficient (Wildman–Crippen LogP) is 3.12. The van der Waals surface area contributed by atoms with E-state index in [1.807, 2.05) is 18.4 Å². The molecule has 138 valence electrons. The van der Waals surface area contributed by atoms with Gasteiger partial charge in [0.25, 0.3) is 0 Å². The Hall–Kier alpha value is -0.540. The van der Waals surface area contributed by atoms with E-state index in [-0.39, 0.29) is 35.5 Å². The van der Waals surface area contributed by atoms with Crippen molar-refractivity contribution in [1.82, 2.24) is 10.2 Å². The lowest BCUT2D eigenvalue weighted by molar-refractivity contribution is 0.0201. The van der Waals surface area contributed by atoms with Crippen LogP contribution in [0.3, 0.4) is 0 Å². The SMILES string of the molecule is CN=C(NCC(OC)C(C)(C)C)N1CCN(c2cccs2)CC1.I. The minimum Gasteiger partial charge on any atom is -0.379 e. The van der Waals surface area contributed by atoms with Crippen molar-refractivity contribution in [2.45, 2.75) is 26.9 Å². The molecule has 0 aromatic carbocycles. The lowest BCUT2D eigenvalue weighted by Gasteiger charge is -2.38. The second-order valence-corrected chi connectivity index (χ2v) is 7.87. The molecule has 0 bridgehead atoms. The Bertz CT molecular complexity index is 493. The fraction of sp³-hybridized carbons (Fsp3) is 0.706. The maximum atomic E-state index is 5.62. The van der Waals surface area contributed by atoms with E-state index >= 15 is 0 Å². The zero-order chi connectivity index (χ0) is 16.9. The number of piperazine rings is 1. The van der Waals surface area contributed by atoms with Gasteiger partial charge in [-0.1, -0.05) is 20.8 Å². The molecule has 0 aliphatic carbocycles. The van der Waals surface area contributed by atoms with Gasteiger partial charge in [-0.25, -0.2) is 0 Å². The number of rotatable bonds is 4. The number of methoxy groups -OCH3 is 1. The Balaban J connectivity index is 0.00000288. The van der Waals surface area contributed by atoms with E-state index in [1.54, 1.807) is 7.11 Å². The van der Waals surface area contributed by atoms with Gasteiger partial charge < -0.3 is 19.9 Å². The number of hydrogen-bond donors (Lipinski definition) is 1. The smallest absolute Gasteiger partial charge is 0.193 e. The van der Waals surface area contributed by atoms with Crippen molar-refractivity contribution in [2.24, 2.45) is 10.4 Å². The van der Waals surface area contributed by atoms with E-state index in [0.717, 1.165) is 38.7 Å². The van der Waals surface area contributed by atoms with Crippen LogP contribution >= 0.6 is 35.3 Å². The van der Waals surface area contributed by atoms with Crippen molar-refractivity contribution in [3.05, 3.63) is 17.5 Å². The summed E-state index contributed by atoms with van der Waals surface area (Å²) in [5.41, 5.74) is 0.110. The summed E-state index contributed by atoms with van der Waals surface area (Å²) >= 11 is 1.81. The molecule has 7 heteroatoms. The van der Waals surface area contributed by atoms with Gasteiger partial charge in [-0.3, -0.25) is 4.99 Å². The number of hydrogen-bond acceptors (Lipinski definition) is 4. The second kappa shape index (κ2) is 9.82. The molecule has 1 aliphatic rings. The van der Waals surface area contributed by atoms with Crippen LogP contribution in [0, 0.1) is 5.41 Å². The molecule has 5 nitrogen and oxygen atoms in total. The number of guanidine groups is 1. The maximum absolute atomic E-state index is 5.62. The largest absolute Gasteiger partial charge is 0.379 e. The molecule has 1 N–H and O–H groups in total. The van der Waals surface area contributed by atoms with Crippen molar-refractivity contribution in [3.63, 3.8) is 0 Å². The molecule has 1 saturated heterocycles. The monoisotopic (exact) mass is 466 g/mol. The van der Waals surface area contributed by atoms with Gasteiger partial charge in [0, 0.05) is 46.9 Å². The van der Waals surface area contributed by atoms with Crippen LogP contribution in [0.5, 0.6) is 0 Å². The molecule has 2 heterocycles. The van der Waals surface area contributed by atoms with Gasteiger partial charge in [-0.15, -0.1) is 35.3 Å². The maximum Gasteiger partial charge on any atom is 0.193 e. The van der Waals surface area contributed by atoms with Gasteiger partial charge in [0.05, 0.1) is 11.1 Å². The number of nitrogens with zero attached hydrogens (tertiary/aromatic N) is 3. The van der Waals surface area contributed by atoms with E-state index in [4.69, 9.17) is 4.74 Å². The second-order valence-electron chi connectivity index (χ2n) is 6.94. The highest BCUT2D eigenvalue weighted by molar-refractivity contribution is 14.0. The van der Waals surface area contributed by atoms with Crippen LogP contribution in [0.25, 0.3) is 0 Å². The first kappa shape index (κ1) is 21.5. The minimum atomic E-state index is 0. The summed E-state index contributed by atoms with van der Waals surface area (Å²) in [5, 5.41) is 6.98. The summed E-state index contributed by atoms with van der Waals surface area (Å²) in [5.74, 6) is 0.974. The fourth-order valence-corrected chi connectivity index (χ4v) is 3.63. The zero-order valence-electron chi connectivity index (χ0n) is 15.4. The van der Waals surface area contributed by atoms with E-state index in [0.29, 0.717) is 0 Å². The molecule has 24 heavy (non-hydrogen) atoms. The molecular weight excluding hydrogens is 435 g/mol. The Kier molecular flexibility index (Phi) is 8.80. The van der Waals surface area contributed by atoms with E-state index in [1.165, 1.54) is 5.00 Å². The summed E-state index contributed by atoms with van der Waals surface area (Å²) in [4.78, 5) is 9.23. The van der Waals surface area contributed by atoms with Crippen LogP contribution in [0.1, 0.15) is 20.8 Å². The molecular formula is C17H31IN4OS. The molecule has 1 aliphatic heterocycles. The average molecular weight is 466 g/mol. The van der Waals surface area contributed by atoms with Gasteiger partial charge in [0.2, 0.25) is 0 Å². The van der Waals surface area contributed by atoms with Gasteiger partial charge in [-0.05, 0) is 22.9 Å². The van der Waals surface area contributed by atoms with Gasteiger partial charge in [-0.2, -0.15) is 0 Å². The molecule has 1 unspecified atom stereocenters. The Morgan fingerprint density at radius 1 is 1.33 bits per heavy atom. The standard InChI is InChI=1S/C17H30N4OS.HI/c1-17(2,3)14(22-5)13-19-16(18-4)21-10-8-20(9-11-21)15-7-6-12-23-15;/h6-7,12,14H,8-11,13H2,1-5H3,(H,18,19);1H. The topological polar surface area (TPSA) is 40.1 Å². The first-order valence-corrected chi connectivity index (χ1v) is 9.10. The van der Waals surface area contributed by atoms with Crippen LogP contribution in [-0.2, 0) is 4.74 Å². The first-order chi connectivity index (χ1) is 11.0. The normalized spacial score (nSPS) is 17.5. The molecule has 1 aromatic rings. The van der Waals surface area contributed by atoms with Crippen LogP contribution in [0.2, 0.25) is 0 Å². The zero-order valence-corrected chi connectivity index (χ0v) is 18.6. The third kappa shape index (κ3) is 5.77. The summed E-state index contributed by atoms with van der Waals surface area (Å²) in [7, 11) is 3.63. The third-order valence-corrected chi connectivity index (χ3v) is 5.23. The molecule has 1 atom stereocenters. The molecule has 1 fully saturated rings. The first-order valence-electron chi connectivity index (χ1n) is 8.22. The predicted molar refractivity (Wildman–Crippen MR) is 115 cm³/mol. The Morgan fingerprint density at radius 2 is 2.00 bits per heavy atom. The van der Waals surface area contributed by atoms with E-state index in [2.05, 4.69) is 58.4 Å². The number of aliphatic imine (C=N–C) groups is 1. The molecule has 0 saturated carbocycles. The van der Waals surface area contributed by atoms with Crippen molar-refractivity contribution in [1.29, 1.82) is 0 Å². The molecule has 0 radical (unpaired) electrons. The lowest BCUT2D eigenvalue weighted by atomic mass is 9.89. The number of anilines is 1. The van der Waals surface area contributed by atoms with Gasteiger partial charge >= 0.3 is 0 Å². The van der Waals surface area contributed by atoms with Crippen molar-refractivity contribution in [2.75, 3.05) is 51.8 Å². The highest BCUT2D eigenvalue weighted by Crippen LogP contribution is 2.23. The quantitative estimate of drug-likeness (QED) is 0.421. The molecule has 1 aromatic heterocycles. The van der Waals surface area contributed by atoms with Gasteiger partial charge in [0.15, 0.2) is 5.96 Å². The van der Waals surface area contributed by atoms with Crippen LogP contribution in [-0.4, -0.2) is 63.8 Å². The van der Waals surface area contributed by atoms with Crippen LogP contribution in [0.15, 0.2) is 22.5 Å². The van der Waals surface area contributed by atoms with Crippen molar-refractivity contribution in [3.8, 4) is 0 Å². The number of ether oxygens (including phenoxy) is 1. The summed E-state index contributed by atoms with van der Waals surface area (Å²) in [6.07, 6.45) is 0.159. The summed E-state index contributed by atoms with van der Waals surface area (Å²) in [6.45, 7) is 11.4. The molecule has 2 rings (SSSR count). The van der Waals surface area contributed by atoms with Crippen molar-refractivity contribution >= 4 is 46.3 Å². The summed E-state index contributed by atoms with van der Waals surface area (Å²) < 4.78 is 5.62. The number of nitrogens with one attached hydrogen (secondary N) is 1. The lowest BCUT2D eigenvalue weighted by Crippen LogP contribution is -2.54. The highest BCUT2D eigenvalue weighted by atomic mass is 127. The minimum absolute atomic E-state index is 0. The van der Waals surface area contributed by atoms with Crippen LogP contribution < -0.4 is 10.2 Å². The Labute approximate surface area is 167 Å².